The molecular weight excluding hydrogens is 367 g/mol. The van der Waals surface area contributed by atoms with Gasteiger partial charge in [-0.25, -0.2) is 0 Å². The van der Waals surface area contributed by atoms with Gasteiger partial charge in [-0.1, -0.05) is 21.1 Å². The molecule has 0 aromatic carbocycles. The molecule has 0 unspecified atom stereocenters. The predicted molar refractivity (Wildman–Crippen MR) is 63.0 cm³/mol. The van der Waals surface area contributed by atoms with Crippen LogP contribution in [0.15, 0.2) is 16.0 Å². The van der Waals surface area contributed by atoms with Crippen molar-refractivity contribution in [2.75, 3.05) is 0 Å². The monoisotopic (exact) mass is 370 g/mol. The zero-order chi connectivity index (χ0) is 9.26. The van der Waals surface area contributed by atoms with Crippen molar-refractivity contribution in [1.29, 1.82) is 0 Å². The molecule has 0 atom stereocenters. The molecule has 0 saturated heterocycles. The quantitative estimate of drug-likeness (QED) is 0.601. The molecule has 2 aromatic heterocycles. The molecule has 68 valence electrons. The third-order valence-electron chi connectivity index (χ3n) is 1.40. The average Bonchev–Trinajstić information content (AvgIpc) is 2.71. The van der Waals surface area contributed by atoms with Crippen molar-refractivity contribution >= 4 is 49.9 Å². The molecule has 0 fully saturated rings. The van der Waals surface area contributed by atoms with Crippen LogP contribution in [0, 0.1) is 3.57 Å². The molecule has 0 aliphatic heterocycles. The number of halogens is 2. The van der Waals surface area contributed by atoms with Crippen molar-refractivity contribution in [3.05, 3.63) is 20.8 Å². The Morgan fingerprint density at radius 1 is 1.62 bits per heavy atom. The highest BCUT2D eigenvalue weighted by Crippen LogP contribution is 2.29. The Morgan fingerprint density at radius 2 is 2.46 bits per heavy atom. The van der Waals surface area contributed by atoms with Gasteiger partial charge in [0, 0.05) is 3.57 Å². The fourth-order valence-corrected chi connectivity index (χ4v) is 2.82. The van der Waals surface area contributed by atoms with Crippen LogP contribution in [0.25, 0.3) is 10.8 Å². The van der Waals surface area contributed by atoms with Gasteiger partial charge >= 0.3 is 0 Å². The molecule has 13 heavy (non-hydrogen) atoms. The van der Waals surface area contributed by atoms with Crippen molar-refractivity contribution in [3.8, 4) is 10.8 Å². The standard InChI is InChI=1S/C7H4BrIN2OS/c8-3-5-10-7(12-11-5)6-4(9)1-2-13-6/h1-2H,3H2. The summed E-state index contributed by atoms with van der Waals surface area (Å²) in [4.78, 5) is 5.25. The van der Waals surface area contributed by atoms with Crippen LogP contribution < -0.4 is 0 Å². The third-order valence-corrected chi connectivity index (χ3v) is 4.07. The van der Waals surface area contributed by atoms with E-state index in [0.717, 1.165) is 8.45 Å². The highest BCUT2D eigenvalue weighted by atomic mass is 127. The summed E-state index contributed by atoms with van der Waals surface area (Å²) < 4.78 is 6.24. The van der Waals surface area contributed by atoms with E-state index in [1.807, 2.05) is 11.4 Å². The van der Waals surface area contributed by atoms with Crippen LogP contribution in [-0.4, -0.2) is 10.1 Å². The molecule has 0 bridgehead atoms. The van der Waals surface area contributed by atoms with E-state index in [4.69, 9.17) is 4.52 Å². The van der Waals surface area contributed by atoms with E-state index in [1.54, 1.807) is 11.3 Å². The molecular formula is C7H4BrIN2OS. The summed E-state index contributed by atoms with van der Waals surface area (Å²) in [6.07, 6.45) is 0. The predicted octanol–water partition coefficient (Wildman–Crippen LogP) is 3.30. The number of rotatable bonds is 2. The van der Waals surface area contributed by atoms with Gasteiger partial charge in [-0.05, 0) is 34.0 Å². The number of thiophene rings is 1. The summed E-state index contributed by atoms with van der Waals surface area (Å²) in [6.45, 7) is 0. The lowest BCUT2D eigenvalue weighted by Crippen LogP contribution is -1.79. The zero-order valence-corrected chi connectivity index (χ0v) is 10.9. The first-order valence-corrected chi connectivity index (χ1v) is 6.51. The second kappa shape index (κ2) is 4.05. The number of alkyl halides is 1. The summed E-state index contributed by atoms with van der Waals surface area (Å²) in [5, 5.41) is 6.43. The van der Waals surface area contributed by atoms with E-state index in [-0.39, 0.29) is 0 Å². The summed E-state index contributed by atoms with van der Waals surface area (Å²) >= 11 is 7.13. The molecule has 6 heteroatoms. The van der Waals surface area contributed by atoms with Gasteiger partial charge in [0.25, 0.3) is 5.89 Å². The molecule has 0 amide bonds. The molecule has 2 rings (SSSR count). The SMILES string of the molecule is BrCc1noc(-c2sccc2I)n1. The average molecular weight is 371 g/mol. The first kappa shape index (κ1) is 9.60. The van der Waals surface area contributed by atoms with Gasteiger partial charge in [-0.2, -0.15) is 4.98 Å². The van der Waals surface area contributed by atoms with E-state index in [9.17, 15) is 0 Å². The molecule has 0 radical (unpaired) electrons. The fourth-order valence-electron chi connectivity index (χ4n) is 0.847. The van der Waals surface area contributed by atoms with Crippen molar-refractivity contribution in [2.24, 2.45) is 0 Å². The van der Waals surface area contributed by atoms with Gasteiger partial charge in [0.1, 0.15) is 4.88 Å². The summed E-state index contributed by atoms with van der Waals surface area (Å²) in [6, 6.07) is 2.03. The Labute approximate surface area is 101 Å². The van der Waals surface area contributed by atoms with Crippen LogP contribution in [-0.2, 0) is 5.33 Å². The van der Waals surface area contributed by atoms with Crippen LogP contribution >= 0.6 is 49.9 Å². The summed E-state index contributed by atoms with van der Waals surface area (Å²) in [5.41, 5.74) is 0. The summed E-state index contributed by atoms with van der Waals surface area (Å²) in [5.74, 6) is 1.29. The van der Waals surface area contributed by atoms with Gasteiger partial charge in [0.2, 0.25) is 0 Å². The molecule has 2 aromatic rings. The van der Waals surface area contributed by atoms with Crippen LogP contribution in [0.2, 0.25) is 0 Å². The normalized spacial score (nSPS) is 10.6. The lowest BCUT2D eigenvalue weighted by molar-refractivity contribution is 0.426. The van der Waals surface area contributed by atoms with E-state index in [1.165, 1.54) is 0 Å². The highest BCUT2D eigenvalue weighted by Gasteiger charge is 2.11. The van der Waals surface area contributed by atoms with Gasteiger partial charge < -0.3 is 4.52 Å². The Kier molecular flexibility index (Phi) is 2.99. The minimum absolute atomic E-state index is 0.605. The molecule has 2 heterocycles. The molecule has 0 N–H and O–H groups in total. The second-order valence-electron chi connectivity index (χ2n) is 2.25. The zero-order valence-electron chi connectivity index (χ0n) is 6.33. The van der Waals surface area contributed by atoms with E-state index in [0.29, 0.717) is 17.0 Å². The Bertz CT molecular complexity index is 414. The third kappa shape index (κ3) is 1.94. The fraction of sp³-hybridized carbons (Fsp3) is 0.143. The summed E-state index contributed by atoms with van der Waals surface area (Å²) in [7, 11) is 0. The van der Waals surface area contributed by atoms with Crippen molar-refractivity contribution in [2.45, 2.75) is 5.33 Å². The first-order chi connectivity index (χ1) is 6.31. The smallest absolute Gasteiger partial charge is 0.269 e. The van der Waals surface area contributed by atoms with E-state index >= 15 is 0 Å². The van der Waals surface area contributed by atoms with Crippen molar-refractivity contribution in [3.63, 3.8) is 0 Å². The van der Waals surface area contributed by atoms with Gasteiger partial charge in [0.05, 0.1) is 5.33 Å². The Morgan fingerprint density at radius 3 is 3.00 bits per heavy atom. The minimum atomic E-state index is 0.605. The van der Waals surface area contributed by atoms with Gasteiger partial charge in [-0.15, -0.1) is 11.3 Å². The molecule has 0 aliphatic carbocycles. The van der Waals surface area contributed by atoms with Crippen molar-refractivity contribution < 1.29 is 4.52 Å². The number of aromatic nitrogens is 2. The maximum absolute atomic E-state index is 5.10. The lowest BCUT2D eigenvalue weighted by atomic mass is 10.5. The van der Waals surface area contributed by atoms with E-state index < -0.39 is 0 Å². The highest BCUT2D eigenvalue weighted by molar-refractivity contribution is 14.1. The van der Waals surface area contributed by atoms with Gasteiger partial charge in [-0.3, -0.25) is 0 Å². The van der Waals surface area contributed by atoms with Gasteiger partial charge in [0.15, 0.2) is 5.82 Å². The second-order valence-corrected chi connectivity index (χ2v) is 4.89. The Balaban J connectivity index is 2.41. The number of nitrogens with zero attached hydrogens (tertiary/aromatic N) is 2. The van der Waals surface area contributed by atoms with Crippen LogP contribution in [0.4, 0.5) is 0 Å². The van der Waals surface area contributed by atoms with E-state index in [2.05, 4.69) is 48.7 Å². The molecule has 0 spiro atoms. The lowest BCUT2D eigenvalue weighted by Gasteiger charge is -1.86. The maximum atomic E-state index is 5.10. The first-order valence-electron chi connectivity index (χ1n) is 3.43. The van der Waals surface area contributed by atoms with Crippen LogP contribution in [0.5, 0.6) is 0 Å². The largest absolute Gasteiger partial charge is 0.333 e. The van der Waals surface area contributed by atoms with Crippen molar-refractivity contribution in [1.82, 2.24) is 10.1 Å². The van der Waals surface area contributed by atoms with Crippen LogP contribution in [0.3, 0.4) is 0 Å². The topological polar surface area (TPSA) is 38.9 Å². The maximum Gasteiger partial charge on any atom is 0.269 e. The molecule has 0 aliphatic rings. The molecule has 3 nitrogen and oxygen atoms in total. The Hall–Kier alpha value is 0.0500. The number of hydrogen-bond acceptors (Lipinski definition) is 4. The number of hydrogen-bond donors (Lipinski definition) is 0. The minimum Gasteiger partial charge on any atom is -0.333 e. The molecule has 0 saturated carbocycles. The van der Waals surface area contributed by atoms with Crippen LogP contribution in [0.1, 0.15) is 5.82 Å².